The van der Waals surface area contributed by atoms with E-state index in [2.05, 4.69) is 84.5 Å². The van der Waals surface area contributed by atoms with Crippen molar-refractivity contribution in [1.29, 1.82) is 0 Å². The fraction of sp³-hybridized carbons (Fsp3) is 0.400. The predicted molar refractivity (Wildman–Crippen MR) is 121 cm³/mol. The minimum absolute atomic E-state index is 0.129. The van der Waals surface area contributed by atoms with Crippen LogP contribution in [-0.2, 0) is 16.8 Å². The molecule has 0 radical (unpaired) electrons. The Morgan fingerprint density at radius 3 is 2.26 bits per heavy atom. The third-order valence-electron chi connectivity index (χ3n) is 6.08. The van der Waals surface area contributed by atoms with Crippen LogP contribution in [0.1, 0.15) is 44.7 Å². The summed E-state index contributed by atoms with van der Waals surface area (Å²) in [6.07, 6.45) is 3.41. The molecule has 0 atom stereocenters. The average Bonchev–Trinajstić information content (AvgIpc) is 3.24. The highest BCUT2D eigenvalue weighted by Gasteiger charge is 2.24. The number of nitrogens with zero attached hydrogens (tertiary/aromatic N) is 4. The number of likely N-dealkylation sites (tertiary alicyclic amines) is 1. The number of carboxylic acid groups (broad SMARTS) is 1. The fourth-order valence-corrected chi connectivity index (χ4v) is 4.01. The lowest BCUT2D eigenvalue weighted by atomic mass is 9.86. The third kappa shape index (κ3) is 5.02. The molecule has 1 aromatic heterocycles. The highest BCUT2D eigenvalue weighted by molar-refractivity contribution is 5.70. The molecular weight excluding hydrogens is 388 g/mol. The van der Waals surface area contributed by atoms with Gasteiger partial charge < -0.3 is 5.11 Å². The van der Waals surface area contributed by atoms with Crippen LogP contribution in [0.15, 0.2) is 54.7 Å². The zero-order chi connectivity index (χ0) is 22.0. The van der Waals surface area contributed by atoms with Crippen LogP contribution in [0.4, 0.5) is 0 Å². The van der Waals surface area contributed by atoms with Crippen LogP contribution >= 0.6 is 0 Å². The smallest absolute Gasteiger partial charge is 0.306 e. The molecule has 162 valence electrons. The molecule has 0 saturated carbocycles. The van der Waals surface area contributed by atoms with Crippen LogP contribution in [0.5, 0.6) is 0 Å². The van der Waals surface area contributed by atoms with Crippen LogP contribution in [-0.4, -0.2) is 44.1 Å². The molecule has 0 amide bonds. The van der Waals surface area contributed by atoms with Gasteiger partial charge in [-0.25, -0.2) is 4.68 Å². The average molecular weight is 419 g/mol. The summed E-state index contributed by atoms with van der Waals surface area (Å²) in [4.78, 5) is 13.4. The molecule has 6 heteroatoms. The molecular formula is C25H30N4O2. The van der Waals surface area contributed by atoms with E-state index >= 15 is 0 Å². The lowest BCUT2D eigenvalue weighted by Crippen LogP contribution is -2.35. The Labute approximate surface area is 183 Å². The molecule has 1 aliphatic rings. The third-order valence-corrected chi connectivity index (χ3v) is 6.08. The monoisotopic (exact) mass is 418 g/mol. The first-order valence-electron chi connectivity index (χ1n) is 10.9. The molecule has 2 heterocycles. The van der Waals surface area contributed by atoms with Crippen LogP contribution < -0.4 is 0 Å². The summed E-state index contributed by atoms with van der Waals surface area (Å²) < 4.78 is 1.80. The van der Waals surface area contributed by atoms with Crippen molar-refractivity contribution in [3.8, 4) is 16.9 Å². The summed E-state index contributed by atoms with van der Waals surface area (Å²) >= 11 is 0. The largest absolute Gasteiger partial charge is 0.481 e. The SMILES string of the molecule is CC(C)(C)c1ccc(-c2cn(-c3ccc(CN4CCC(C(=O)O)CC4)cc3)nn2)cc1. The maximum absolute atomic E-state index is 11.1. The molecule has 1 saturated heterocycles. The fourth-order valence-electron chi connectivity index (χ4n) is 4.01. The second kappa shape index (κ2) is 8.63. The van der Waals surface area contributed by atoms with Gasteiger partial charge in [0.05, 0.1) is 17.8 Å². The minimum atomic E-state index is -0.665. The molecule has 6 nitrogen and oxygen atoms in total. The normalized spacial score (nSPS) is 15.8. The van der Waals surface area contributed by atoms with Gasteiger partial charge in [-0.15, -0.1) is 5.10 Å². The van der Waals surface area contributed by atoms with Crippen molar-refractivity contribution in [1.82, 2.24) is 19.9 Å². The van der Waals surface area contributed by atoms with E-state index in [4.69, 9.17) is 5.11 Å². The molecule has 1 fully saturated rings. The summed E-state index contributed by atoms with van der Waals surface area (Å²) in [6.45, 7) is 9.13. The first-order chi connectivity index (χ1) is 14.8. The van der Waals surface area contributed by atoms with E-state index in [9.17, 15) is 4.79 Å². The topological polar surface area (TPSA) is 71.2 Å². The van der Waals surface area contributed by atoms with Crippen LogP contribution in [0, 0.1) is 5.92 Å². The standard InChI is InChI=1S/C25H30N4O2/c1-25(2,3)21-8-6-19(7-9-21)23-17-29(27-26-23)22-10-4-18(5-11-22)16-28-14-12-20(13-15-28)24(30)31/h4-11,17,20H,12-16H2,1-3H3,(H,30,31). The van der Waals surface area contributed by atoms with Crippen molar-refractivity contribution in [3.63, 3.8) is 0 Å². The van der Waals surface area contributed by atoms with Gasteiger partial charge >= 0.3 is 5.97 Å². The number of carbonyl (C=O) groups is 1. The number of rotatable bonds is 5. The molecule has 1 N–H and O–H groups in total. The highest BCUT2D eigenvalue weighted by atomic mass is 16.4. The Hall–Kier alpha value is -2.99. The molecule has 4 rings (SSSR count). The van der Waals surface area contributed by atoms with Gasteiger partial charge in [0.1, 0.15) is 5.69 Å². The van der Waals surface area contributed by atoms with Gasteiger partial charge in [0.2, 0.25) is 0 Å². The van der Waals surface area contributed by atoms with Crippen LogP contribution in [0.2, 0.25) is 0 Å². The maximum Gasteiger partial charge on any atom is 0.306 e. The molecule has 0 spiro atoms. The van der Waals surface area contributed by atoms with Crippen LogP contribution in [0.3, 0.4) is 0 Å². The molecule has 1 aliphatic heterocycles. The van der Waals surface area contributed by atoms with Crippen molar-refractivity contribution < 1.29 is 9.90 Å². The molecule has 31 heavy (non-hydrogen) atoms. The number of hydrogen-bond acceptors (Lipinski definition) is 4. The Morgan fingerprint density at radius 2 is 1.68 bits per heavy atom. The van der Waals surface area contributed by atoms with E-state index in [1.807, 2.05) is 6.20 Å². The van der Waals surface area contributed by atoms with Gasteiger partial charge in [0, 0.05) is 12.1 Å². The number of carboxylic acids is 1. The molecule has 3 aromatic rings. The van der Waals surface area contributed by atoms with Gasteiger partial charge in [-0.05, 0) is 54.6 Å². The van der Waals surface area contributed by atoms with Gasteiger partial charge in [-0.3, -0.25) is 9.69 Å². The Bertz CT molecular complexity index is 1020. The Balaban J connectivity index is 1.40. The Kier molecular flexibility index (Phi) is 5.92. The Morgan fingerprint density at radius 1 is 1.03 bits per heavy atom. The van der Waals surface area contributed by atoms with Crippen molar-refractivity contribution >= 4 is 5.97 Å². The summed E-state index contributed by atoms with van der Waals surface area (Å²) in [5.41, 5.74) is 5.52. The van der Waals surface area contributed by atoms with Gasteiger partial charge in [-0.2, -0.15) is 0 Å². The van der Waals surface area contributed by atoms with Crippen LogP contribution in [0.25, 0.3) is 16.9 Å². The van der Waals surface area contributed by atoms with E-state index in [-0.39, 0.29) is 11.3 Å². The van der Waals surface area contributed by atoms with E-state index in [1.54, 1.807) is 4.68 Å². The summed E-state index contributed by atoms with van der Waals surface area (Å²) in [7, 11) is 0. The number of aliphatic carboxylic acids is 1. The number of hydrogen-bond donors (Lipinski definition) is 1. The van der Waals surface area contributed by atoms with E-state index in [0.29, 0.717) is 0 Å². The van der Waals surface area contributed by atoms with Crippen molar-refractivity contribution in [2.75, 3.05) is 13.1 Å². The molecule has 0 unspecified atom stereocenters. The van der Waals surface area contributed by atoms with E-state index in [1.165, 1.54) is 11.1 Å². The summed E-state index contributed by atoms with van der Waals surface area (Å²) in [6, 6.07) is 16.8. The molecule has 0 aliphatic carbocycles. The molecule has 2 aromatic carbocycles. The second-order valence-electron chi connectivity index (χ2n) is 9.43. The first-order valence-corrected chi connectivity index (χ1v) is 10.9. The number of piperidine rings is 1. The number of aromatic nitrogens is 3. The lowest BCUT2D eigenvalue weighted by Gasteiger charge is -2.30. The van der Waals surface area contributed by atoms with E-state index < -0.39 is 5.97 Å². The minimum Gasteiger partial charge on any atom is -0.481 e. The maximum atomic E-state index is 11.1. The number of benzene rings is 2. The molecule has 0 bridgehead atoms. The quantitative estimate of drug-likeness (QED) is 0.659. The highest BCUT2D eigenvalue weighted by Crippen LogP contribution is 2.25. The summed E-state index contributed by atoms with van der Waals surface area (Å²) in [5.74, 6) is -0.855. The van der Waals surface area contributed by atoms with Gasteiger partial charge in [0.15, 0.2) is 0 Å². The second-order valence-corrected chi connectivity index (χ2v) is 9.43. The lowest BCUT2D eigenvalue weighted by molar-refractivity contribution is -0.143. The predicted octanol–water partition coefficient (Wildman–Crippen LogP) is 4.53. The van der Waals surface area contributed by atoms with Gasteiger partial charge in [-0.1, -0.05) is 62.4 Å². The van der Waals surface area contributed by atoms with Gasteiger partial charge in [0.25, 0.3) is 0 Å². The zero-order valence-corrected chi connectivity index (χ0v) is 18.5. The van der Waals surface area contributed by atoms with Crippen molar-refractivity contribution in [2.24, 2.45) is 5.92 Å². The summed E-state index contributed by atoms with van der Waals surface area (Å²) in [5, 5.41) is 17.8. The first kappa shape index (κ1) is 21.2. The zero-order valence-electron chi connectivity index (χ0n) is 18.5. The van der Waals surface area contributed by atoms with Crippen molar-refractivity contribution in [2.45, 2.75) is 45.6 Å². The van der Waals surface area contributed by atoms with Crippen molar-refractivity contribution in [3.05, 3.63) is 65.9 Å². The van der Waals surface area contributed by atoms with E-state index in [0.717, 1.165) is 49.4 Å².